The van der Waals surface area contributed by atoms with E-state index in [0.717, 1.165) is 47.9 Å². The monoisotopic (exact) mass is 573 g/mol. The van der Waals surface area contributed by atoms with Gasteiger partial charge < -0.3 is 10.1 Å². The molecule has 202 valence electrons. The van der Waals surface area contributed by atoms with Crippen molar-refractivity contribution in [3.05, 3.63) is 93.9 Å². The van der Waals surface area contributed by atoms with Crippen LogP contribution >= 0.6 is 11.8 Å². The number of benzene rings is 3. The molecule has 1 amide bonds. The number of nitrogens with zero attached hydrogens (tertiary/aromatic N) is 1. The summed E-state index contributed by atoms with van der Waals surface area (Å²) in [5.41, 5.74) is -0.623. The Kier molecular flexibility index (Phi) is 7.41. The van der Waals surface area contributed by atoms with Crippen molar-refractivity contribution in [2.45, 2.75) is 31.4 Å². The zero-order valence-corrected chi connectivity index (χ0v) is 21.9. The van der Waals surface area contributed by atoms with Crippen LogP contribution in [0.2, 0.25) is 0 Å². The number of hydrogen-bond donors (Lipinski definition) is 2. The molecular weight excluding hydrogens is 551 g/mol. The van der Waals surface area contributed by atoms with Crippen LogP contribution in [0.3, 0.4) is 0 Å². The van der Waals surface area contributed by atoms with Gasteiger partial charge in [0.05, 0.1) is 10.6 Å². The zero-order valence-electron chi connectivity index (χ0n) is 20.3. The second-order valence-electron chi connectivity index (χ2n) is 8.89. The lowest BCUT2D eigenvalue weighted by Gasteiger charge is -2.10. The van der Waals surface area contributed by atoms with Crippen molar-refractivity contribution in [1.82, 2.24) is 5.32 Å². The van der Waals surface area contributed by atoms with Gasteiger partial charge >= 0.3 is 15.5 Å². The first-order valence-electron chi connectivity index (χ1n) is 11.9. The number of carbonyl (C=O) groups is 1. The van der Waals surface area contributed by atoms with Gasteiger partial charge in [-0.25, -0.2) is 4.99 Å². The molecule has 0 spiro atoms. The smallest absolute Gasteiger partial charge is 0.489 e. The van der Waals surface area contributed by atoms with Crippen LogP contribution < -0.4 is 14.8 Å². The highest BCUT2D eigenvalue weighted by atomic mass is 32.2. The number of thioether (sulfide) groups is 1. The number of fused-ring (bicyclic) bond motifs is 1. The lowest BCUT2D eigenvalue weighted by atomic mass is 10.1. The van der Waals surface area contributed by atoms with Crippen LogP contribution in [0.15, 0.2) is 76.6 Å². The van der Waals surface area contributed by atoms with Crippen molar-refractivity contribution in [3.63, 3.8) is 0 Å². The summed E-state index contributed by atoms with van der Waals surface area (Å²) < 4.78 is 67.4. The number of anilines is 1. The number of carbonyl (C=O) groups excluding carboxylic acids is 1. The number of halogens is 3. The molecule has 0 saturated carbocycles. The maximum Gasteiger partial charge on any atom is 0.516 e. The Morgan fingerprint density at radius 3 is 2.44 bits per heavy atom. The summed E-state index contributed by atoms with van der Waals surface area (Å²) in [6.07, 6.45) is 5.17. The number of aryl methyl sites for hydroxylation is 2. The molecule has 2 N–H and O–H groups in total. The maximum absolute atomic E-state index is 12.5. The van der Waals surface area contributed by atoms with E-state index < -0.39 is 15.5 Å². The minimum absolute atomic E-state index is 0.264. The number of alkyl halides is 3. The van der Waals surface area contributed by atoms with E-state index in [2.05, 4.69) is 28.5 Å². The van der Waals surface area contributed by atoms with Gasteiger partial charge in [-0.3, -0.25) is 9.52 Å². The summed E-state index contributed by atoms with van der Waals surface area (Å²) in [6.45, 7) is 0.473. The first-order valence-corrected chi connectivity index (χ1v) is 14.2. The molecule has 7 nitrogen and oxygen atoms in total. The number of aliphatic imine (C=N–C) groups is 1. The van der Waals surface area contributed by atoms with Gasteiger partial charge in [-0.15, -0.1) is 0 Å². The minimum atomic E-state index is -5.51. The highest BCUT2D eigenvalue weighted by Gasteiger charge is 2.46. The van der Waals surface area contributed by atoms with Crippen LogP contribution in [-0.4, -0.2) is 25.0 Å². The third kappa shape index (κ3) is 6.45. The van der Waals surface area contributed by atoms with Crippen molar-refractivity contribution in [2.24, 2.45) is 4.99 Å². The molecule has 0 unspecified atom stereocenters. The average Bonchev–Trinajstić information content (AvgIpc) is 3.49. The summed E-state index contributed by atoms with van der Waals surface area (Å²) in [7, 11) is -5.51. The summed E-state index contributed by atoms with van der Waals surface area (Å²) >= 11 is 1.11. The van der Waals surface area contributed by atoms with Gasteiger partial charge in [-0.05, 0) is 95.8 Å². The molecule has 5 rings (SSSR count). The van der Waals surface area contributed by atoms with Crippen molar-refractivity contribution >= 4 is 50.3 Å². The Hall–Kier alpha value is -3.77. The van der Waals surface area contributed by atoms with E-state index >= 15 is 0 Å². The Bertz CT molecular complexity index is 1570. The van der Waals surface area contributed by atoms with Crippen LogP contribution in [-0.2, 0) is 34.3 Å². The number of rotatable bonds is 7. The predicted molar refractivity (Wildman–Crippen MR) is 145 cm³/mol. The third-order valence-electron chi connectivity index (χ3n) is 6.05. The molecule has 1 fully saturated rings. The third-order valence-corrected chi connectivity index (χ3v) is 8.08. The Balaban J connectivity index is 1.19. The molecular formula is C27H22F3N3O4S2. The van der Waals surface area contributed by atoms with Crippen molar-refractivity contribution < 1.29 is 31.1 Å². The lowest BCUT2D eigenvalue weighted by molar-refractivity contribution is -0.115. The molecule has 3 aromatic rings. The van der Waals surface area contributed by atoms with E-state index in [1.807, 2.05) is 24.3 Å². The fraction of sp³-hybridized carbons (Fsp3) is 0.185. The Labute approximate surface area is 227 Å². The highest BCUT2D eigenvalue weighted by molar-refractivity contribution is 8.18. The lowest BCUT2D eigenvalue weighted by Crippen LogP contribution is -2.29. The van der Waals surface area contributed by atoms with E-state index in [4.69, 9.17) is 4.74 Å². The number of amides is 1. The Morgan fingerprint density at radius 2 is 1.72 bits per heavy atom. The highest BCUT2D eigenvalue weighted by Crippen LogP contribution is 2.30. The summed E-state index contributed by atoms with van der Waals surface area (Å²) in [6, 6.07) is 18.8. The topological polar surface area (TPSA) is 96.9 Å². The van der Waals surface area contributed by atoms with Crippen LogP contribution in [0.5, 0.6) is 5.75 Å². The number of amidine groups is 1. The van der Waals surface area contributed by atoms with Crippen LogP contribution in [0.1, 0.15) is 28.7 Å². The van der Waals surface area contributed by atoms with E-state index in [1.165, 1.54) is 34.4 Å². The molecule has 1 aliphatic carbocycles. The molecule has 3 aromatic carbocycles. The molecule has 1 saturated heterocycles. The van der Waals surface area contributed by atoms with Gasteiger partial charge in [-0.1, -0.05) is 30.3 Å². The number of nitrogens with one attached hydrogen (secondary N) is 2. The Morgan fingerprint density at radius 1 is 1.00 bits per heavy atom. The first kappa shape index (κ1) is 26.8. The van der Waals surface area contributed by atoms with Crippen LogP contribution in [0, 0.1) is 0 Å². The van der Waals surface area contributed by atoms with Crippen molar-refractivity contribution in [1.29, 1.82) is 0 Å². The van der Waals surface area contributed by atoms with Crippen LogP contribution in [0.25, 0.3) is 6.08 Å². The SMILES string of the molecule is O=C1NC(=Nc2ccc(NS(=O)(=O)C(F)(F)F)cc2)S/C1=C/c1ccc(OCc2ccc3c(c2)CCC3)cc1. The molecule has 39 heavy (non-hydrogen) atoms. The van der Waals surface area contributed by atoms with Crippen molar-refractivity contribution in [3.8, 4) is 5.75 Å². The van der Waals surface area contributed by atoms with Gasteiger partial charge in [0.2, 0.25) is 0 Å². The fourth-order valence-corrected chi connectivity index (χ4v) is 5.51. The van der Waals surface area contributed by atoms with Gasteiger partial charge in [0.25, 0.3) is 5.91 Å². The first-order chi connectivity index (χ1) is 18.6. The zero-order chi connectivity index (χ0) is 27.6. The second-order valence-corrected chi connectivity index (χ2v) is 11.6. The predicted octanol–water partition coefficient (Wildman–Crippen LogP) is 5.91. The summed E-state index contributed by atoms with van der Waals surface area (Å²) in [4.78, 5) is 17.1. The van der Waals surface area contributed by atoms with Gasteiger partial charge in [0.15, 0.2) is 5.17 Å². The normalized spacial score (nSPS) is 17.4. The van der Waals surface area contributed by atoms with E-state index in [0.29, 0.717) is 22.9 Å². The van der Waals surface area contributed by atoms with Gasteiger partial charge in [0.1, 0.15) is 12.4 Å². The summed E-state index contributed by atoms with van der Waals surface area (Å²) in [5, 5.41) is 2.92. The largest absolute Gasteiger partial charge is 0.516 e. The molecule has 1 heterocycles. The molecule has 0 bridgehead atoms. The molecule has 0 aromatic heterocycles. The average molecular weight is 574 g/mol. The van der Waals surface area contributed by atoms with Gasteiger partial charge in [-0.2, -0.15) is 21.6 Å². The van der Waals surface area contributed by atoms with E-state index in [9.17, 15) is 26.4 Å². The second kappa shape index (κ2) is 10.8. The maximum atomic E-state index is 12.5. The van der Waals surface area contributed by atoms with E-state index in [1.54, 1.807) is 6.08 Å². The standard InChI is InChI=1S/C27H22F3N3O4S2/c28-27(29,30)39(35,36)33-22-10-8-21(9-11-22)31-26-32-25(34)24(38-26)15-17-5-12-23(13-6-17)37-16-18-4-7-19-2-1-3-20(19)14-18/h4-15,33H,1-3,16H2,(H,31,32,34)/b24-15+. The van der Waals surface area contributed by atoms with Crippen LogP contribution in [0.4, 0.5) is 24.5 Å². The molecule has 2 aliphatic rings. The molecule has 0 radical (unpaired) electrons. The minimum Gasteiger partial charge on any atom is -0.489 e. The number of hydrogen-bond acceptors (Lipinski definition) is 6. The van der Waals surface area contributed by atoms with Crippen molar-refractivity contribution in [2.75, 3.05) is 4.72 Å². The van der Waals surface area contributed by atoms with Gasteiger partial charge in [0, 0.05) is 5.69 Å². The quantitative estimate of drug-likeness (QED) is 0.343. The molecule has 0 atom stereocenters. The molecule has 1 aliphatic heterocycles. The van der Waals surface area contributed by atoms with E-state index in [-0.39, 0.29) is 16.8 Å². The summed E-state index contributed by atoms with van der Waals surface area (Å²) in [5.74, 6) is 0.370. The molecule has 12 heteroatoms. The fourth-order valence-electron chi connectivity index (χ4n) is 4.11. The number of sulfonamides is 1. The number of ether oxygens (including phenoxy) is 1.